The average Bonchev–Trinajstić information content (AvgIpc) is 3.49. The van der Waals surface area contributed by atoms with Crippen molar-refractivity contribution in [3.05, 3.63) is 48.2 Å². The second-order valence-electron chi connectivity index (χ2n) is 7.00. The van der Waals surface area contributed by atoms with Crippen molar-refractivity contribution in [1.82, 2.24) is 15.0 Å². The number of nitrogens with zero attached hydrogens (tertiary/aromatic N) is 3. The molecule has 7 heteroatoms. The van der Waals surface area contributed by atoms with E-state index in [1.807, 2.05) is 30.3 Å². The van der Waals surface area contributed by atoms with Gasteiger partial charge in [-0.1, -0.05) is 18.0 Å². The van der Waals surface area contributed by atoms with Crippen LogP contribution < -0.4 is 9.47 Å². The molecule has 1 aliphatic rings. The van der Waals surface area contributed by atoms with Crippen molar-refractivity contribution in [2.24, 2.45) is 0 Å². The van der Waals surface area contributed by atoms with E-state index in [0.29, 0.717) is 30.1 Å². The number of hydrogen-bond acceptors (Lipinski definition) is 7. The van der Waals surface area contributed by atoms with Crippen LogP contribution in [-0.2, 0) is 13.1 Å². The van der Waals surface area contributed by atoms with Crippen molar-refractivity contribution in [2.45, 2.75) is 44.8 Å². The summed E-state index contributed by atoms with van der Waals surface area (Å²) in [5, 5.41) is 4.17. The lowest BCUT2D eigenvalue weighted by Crippen LogP contribution is -2.32. The molecular formula is C21H25N3O4. The maximum absolute atomic E-state index is 5.56. The highest BCUT2D eigenvalue weighted by Crippen LogP contribution is 2.32. The van der Waals surface area contributed by atoms with E-state index in [4.69, 9.17) is 18.4 Å². The topological polar surface area (TPSA) is 73.8 Å². The standard InChI is InChI=1S/C21H25N3O4/c1-25-16-9-10-18(19(12-16)26-2)21-22-20(28-23-21)14-24(15-6-3-4-7-15)13-17-8-5-11-27-17/h5,8-12,15H,3-4,6-7,13-14H2,1-2H3. The van der Waals surface area contributed by atoms with E-state index in [1.165, 1.54) is 25.7 Å². The normalized spacial score (nSPS) is 14.7. The molecule has 0 amide bonds. The Bertz CT molecular complexity index is 885. The third-order valence-electron chi connectivity index (χ3n) is 5.24. The molecule has 0 bridgehead atoms. The van der Waals surface area contributed by atoms with E-state index >= 15 is 0 Å². The maximum Gasteiger partial charge on any atom is 0.241 e. The first-order valence-corrected chi connectivity index (χ1v) is 9.58. The van der Waals surface area contributed by atoms with Gasteiger partial charge in [-0.2, -0.15) is 4.98 Å². The Morgan fingerprint density at radius 1 is 1.11 bits per heavy atom. The van der Waals surface area contributed by atoms with Crippen LogP contribution in [0, 0.1) is 0 Å². The Kier molecular flexibility index (Phi) is 5.62. The van der Waals surface area contributed by atoms with E-state index in [9.17, 15) is 0 Å². The molecule has 2 aromatic heterocycles. The molecule has 1 saturated carbocycles. The van der Waals surface area contributed by atoms with Gasteiger partial charge in [-0.05, 0) is 37.1 Å². The Morgan fingerprint density at radius 2 is 1.96 bits per heavy atom. The van der Waals surface area contributed by atoms with Gasteiger partial charge in [0.1, 0.15) is 17.3 Å². The predicted octanol–water partition coefficient (Wildman–Crippen LogP) is 4.29. The second kappa shape index (κ2) is 8.48. The molecule has 28 heavy (non-hydrogen) atoms. The first-order chi connectivity index (χ1) is 13.8. The highest BCUT2D eigenvalue weighted by molar-refractivity contribution is 5.65. The van der Waals surface area contributed by atoms with Crippen LogP contribution in [0.5, 0.6) is 11.5 Å². The van der Waals surface area contributed by atoms with Crippen molar-refractivity contribution in [3.8, 4) is 22.9 Å². The van der Waals surface area contributed by atoms with Gasteiger partial charge in [-0.15, -0.1) is 0 Å². The number of aromatic nitrogens is 2. The molecule has 2 heterocycles. The van der Waals surface area contributed by atoms with Crippen LogP contribution in [0.3, 0.4) is 0 Å². The molecule has 1 aromatic carbocycles. The summed E-state index contributed by atoms with van der Waals surface area (Å²) < 4.78 is 21.8. The van der Waals surface area contributed by atoms with E-state index in [0.717, 1.165) is 23.6 Å². The Morgan fingerprint density at radius 3 is 2.68 bits per heavy atom. The Hall–Kier alpha value is -2.80. The van der Waals surface area contributed by atoms with Gasteiger partial charge in [-0.25, -0.2) is 0 Å². The van der Waals surface area contributed by atoms with Gasteiger partial charge >= 0.3 is 0 Å². The molecule has 3 aromatic rings. The predicted molar refractivity (Wildman–Crippen MR) is 103 cm³/mol. The van der Waals surface area contributed by atoms with Crippen LogP contribution in [0.15, 0.2) is 45.5 Å². The number of hydrogen-bond donors (Lipinski definition) is 0. The van der Waals surface area contributed by atoms with Crippen LogP contribution in [0.2, 0.25) is 0 Å². The zero-order chi connectivity index (χ0) is 19.3. The summed E-state index contributed by atoms with van der Waals surface area (Å²) in [5.74, 6) is 3.42. The smallest absolute Gasteiger partial charge is 0.241 e. The fourth-order valence-corrected chi connectivity index (χ4v) is 3.77. The number of methoxy groups -OCH3 is 2. The molecule has 1 fully saturated rings. The summed E-state index contributed by atoms with van der Waals surface area (Å²) in [5.41, 5.74) is 0.775. The van der Waals surface area contributed by atoms with Crippen molar-refractivity contribution in [2.75, 3.05) is 14.2 Å². The Labute approximate surface area is 164 Å². The van der Waals surface area contributed by atoms with Gasteiger partial charge in [0.25, 0.3) is 0 Å². The largest absolute Gasteiger partial charge is 0.497 e. The summed E-state index contributed by atoms with van der Waals surface area (Å²) in [6, 6.07) is 9.98. The number of furan rings is 1. The molecule has 0 spiro atoms. The molecule has 0 saturated heterocycles. The molecule has 0 N–H and O–H groups in total. The zero-order valence-electron chi connectivity index (χ0n) is 16.3. The summed E-state index contributed by atoms with van der Waals surface area (Å²) in [7, 11) is 3.24. The molecule has 7 nitrogen and oxygen atoms in total. The SMILES string of the molecule is COc1ccc(-c2noc(CN(Cc3ccco3)C3CCCC3)n2)c(OC)c1. The first-order valence-electron chi connectivity index (χ1n) is 9.58. The summed E-state index contributed by atoms with van der Waals surface area (Å²) in [6.07, 6.45) is 6.61. The first kappa shape index (κ1) is 18.6. The molecular weight excluding hydrogens is 358 g/mol. The monoisotopic (exact) mass is 383 g/mol. The van der Waals surface area contributed by atoms with Crippen LogP contribution in [0.25, 0.3) is 11.4 Å². The third-order valence-corrected chi connectivity index (χ3v) is 5.24. The van der Waals surface area contributed by atoms with Crippen molar-refractivity contribution < 1.29 is 18.4 Å². The van der Waals surface area contributed by atoms with Crippen LogP contribution >= 0.6 is 0 Å². The summed E-state index contributed by atoms with van der Waals surface area (Å²) in [4.78, 5) is 6.98. The van der Waals surface area contributed by atoms with Gasteiger partial charge in [0, 0.05) is 12.1 Å². The van der Waals surface area contributed by atoms with Gasteiger partial charge in [0.15, 0.2) is 0 Å². The molecule has 148 valence electrons. The van der Waals surface area contributed by atoms with Gasteiger partial charge < -0.3 is 18.4 Å². The fraction of sp³-hybridized carbons (Fsp3) is 0.429. The lowest BCUT2D eigenvalue weighted by molar-refractivity contribution is 0.146. The van der Waals surface area contributed by atoms with Crippen molar-refractivity contribution in [3.63, 3.8) is 0 Å². The van der Waals surface area contributed by atoms with Crippen LogP contribution in [0.4, 0.5) is 0 Å². The quantitative estimate of drug-likeness (QED) is 0.574. The minimum atomic E-state index is 0.510. The molecule has 0 unspecified atom stereocenters. The zero-order valence-corrected chi connectivity index (χ0v) is 16.3. The molecule has 0 aliphatic heterocycles. The van der Waals surface area contributed by atoms with Crippen molar-refractivity contribution in [1.29, 1.82) is 0 Å². The number of ether oxygens (including phenoxy) is 2. The second-order valence-corrected chi connectivity index (χ2v) is 7.00. The van der Waals surface area contributed by atoms with Gasteiger partial charge in [-0.3, -0.25) is 4.90 Å². The minimum Gasteiger partial charge on any atom is -0.497 e. The van der Waals surface area contributed by atoms with Gasteiger partial charge in [0.2, 0.25) is 11.7 Å². The molecule has 0 radical (unpaired) electrons. The lowest BCUT2D eigenvalue weighted by atomic mass is 10.2. The molecule has 1 aliphatic carbocycles. The fourth-order valence-electron chi connectivity index (χ4n) is 3.77. The summed E-state index contributed by atoms with van der Waals surface area (Å²) in [6.45, 7) is 1.33. The van der Waals surface area contributed by atoms with E-state index in [2.05, 4.69) is 15.0 Å². The third kappa shape index (κ3) is 4.04. The average molecular weight is 383 g/mol. The molecule has 4 rings (SSSR count). The van der Waals surface area contributed by atoms with Crippen LogP contribution in [-0.4, -0.2) is 35.3 Å². The van der Waals surface area contributed by atoms with Crippen LogP contribution in [0.1, 0.15) is 37.3 Å². The molecule has 0 atom stereocenters. The number of benzene rings is 1. The summed E-state index contributed by atoms with van der Waals surface area (Å²) >= 11 is 0. The van der Waals surface area contributed by atoms with Crippen molar-refractivity contribution >= 4 is 0 Å². The van der Waals surface area contributed by atoms with Gasteiger partial charge in [0.05, 0.1) is 39.1 Å². The van der Waals surface area contributed by atoms with E-state index in [-0.39, 0.29) is 0 Å². The number of rotatable bonds is 8. The lowest BCUT2D eigenvalue weighted by Gasteiger charge is -2.26. The highest BCUT2D eigenvalue weighted by atomic mass is 16.5. The Balaban J connectivity index is 1.54. The highest BCUT2D eigenvalue weighted by Gasteiger charge is 2.25. The van der Waals surface area contributed by atoms with E-state index in [1.54, 1.807) is 20.5 Å². The minimum absolute atomic E-state index is 0.510. The maximum atomic E-state index is 5.56. The van der Waals surface area contributed by atoms with E-state index < -0.39 is 0 Å².